The van der Waals surface area contributed by atoms with Gasteiger partial charge >= 0.3 is 0 Å². The van der Waals surface area contributed by atoms with Gasteiger partial charge in [0.05, 0.1) is 0 Å². The molecule has 17 heavy (non-hydrogen) atoms. The van der Waals surface area contributed by atoms with Gasteiger partial charge in [0.2, 0.25) is 0 Å². The SMILES string of the molecule is CCNC(C1CC1)C1(N(C)C)CCC(C)CC1. The molecular formula is C15H30N2. The predicted molar refractivity (Wildman–Crippen MR) is 74.2 cm³/mol. The molecule has 0 amide bonds. The van der Waals surface area contributed by atoms with Crippen LogP contribution in [0.25, 0.3) is 0 Å². The zero-order chi connectivity index (χ0) is 12.5. The number of rotatable bonds is 5. The van der Waals surface area contributed by atoms with Crippen LogP contribution in [0, 0.1) is 11.8 Å². The highest BCUT2D eigenvalue weighted by Gasteiger charge is 2.48. The van der Waals surface area contributed by atoms with Crippen LogP contribution in [0.15, 0.2) is 0 Å². The zero-order valence-corrected chi connectivity index (χ0v) is 12.1. The molecule has 0 aromatic carbocycles. The van der Waals surface area contributed by atoms with Gasteiger partial charge in [0.1, 0.15) is 0 Å². The summed E-state index contributed by atoms with van der Waals surface area (Å²) in [6.45, 7) is 5.79. The van der Waals surface area contributed by atoms with E-state index in [1.807, 2.05) is 0 Å². The Hall–Kier alpha value is -0.0800. The standard InChI is InChI=1S/C15H30N2/c1-5-16-14(13-6-7-13)15(17(3)4)10-8-12(2)9-11-15/h12-14,16H,5-11H2,1-4H3. The summed E-state index contributed by atoms with van der Waals surface area (Å²) < 4.78 is 0. The minimum absolute atomic E-state index is 0.434. The number of nitrogens with one attached hydrogen (secondary N) is 1. The van der Waals surface area contributed by atoms with Crippen molar-refractivity contribution in [1.29, 1.82) is 0 Å². The first-order valence-corrected chi connectivity index (χ1v) is 7.51. The number of hydrogen-bond acceptors (Lipinski definition) is 2. The Morgan fingerprint density at radius 2 is 1.76 bits per heavy atom. The van der Waals surface area contributed by atoms with Crippen LogP contribution in [0.1, 0.15) is 52.4 Å². The fourth-order valence-corrected chi connectivity index (χ4v) is 3.74. The van der Waals surface area contributed by atoms with Crippen molar-refractivity contribution >= 4 is 0 Å². The summed E-state index contributed by atoms with van der Waals surface area (Å²) in [5, 5.41) is 3.81. The van der Waals surface area contributed by atoms with Gasteiger partial charge < -0.3 is 10.2 Å². The van der Waals surface area contributed by atoms with E-state index < -0.39 is 0 Å². The topological polar surface area (TPSA) is 15.3 Å². The first-order valence-electron chi connectivity index (χ1n) is 7.51. The normalized spacial score (nSPS) is 36.2. The van der Waals surface area contributed by atoms with E-state index in [0.29, 0.717) is 5.54 Å². The van der Waals surface area contributed by atoms with Gasteiger partial charge in [-0.25, -0.2) is 0 Å². The Bertz CT molecular complexity index is 237. The molecule has 0 saturated heterocycles. The molecule has 0 aromatic rings. The summed E-state index contributed by atoms with van der Waals surface area (Å²) in [5.41, 5.74) is 0.434. The van der Waals surface area contributed by atoms with Crippen molar-refractivity contribution in [2.24, 2.45) is 11.8 Å². The molecule has 2 aliphatic rings. The summed E-state index contributed by atoms with van der Waals surface area (Å²) in [7, 11) is 4.59. The van der Waals surface area contributed by atoms with Crippen LogP contribution < -0.4 is 5.32 Å². The number of likely N-dealkylation sites (N-methyl/N-ethyl adjacent to an activating group) is 2. The number of hydrogen-bond donors (Lipinski definition) is 1. The molecule has 0 bridgehead atoms. The van der Waals surface area contributed by atoms with Gasteiger partial charge in [0.25, 0.3) is 0 Å². The molecule has 1 unspecified atom stereocenters. The monoisotopic (exact) mass is 238 g/mol. The Balaban J connectivity index is 2.13. The van der Waals surface area contributed by atoms with E-state index in [-0.39, 0.29) is 0 Å². The van der Waals surface area contributed by atoms with Gasteiger partial charge in [0.15, 0.2) is 0 Å². The van der Waals surface area contributed by atoms with Crippen molar-refractivity contribution in [3.63, 3.8) is 0 Å². The summed E-state index contributed by atoms with van der Waals surface area (Å²) >= 11 is 0. The lowest BCUT2D eigenvalue weighted by atomic mass is 9.70. The van der Waals surface area contributed by atoms with Crippen LogP contribution in [0.5, 0.6) is 0 Å². The average molecular weight is 238 g/mol. The van der Waals surface area contributed by atoms with Crippen molar-refractivity contribution < 1.29 is 0 Å². The van der Waals surface area contributed by atoms with Crippen LogP contribution in [-0.4, -0.2) is 37.1 Å². The first kappa shape index (κ1) is 13.4. The molecule has 1 N–H and O–H groups in total. The zero-order valence-electron chi connectivity index (χ0n) is 12.1. The van der Waals surface area contributed by atoms with Crippen LogP contribution in [0.4, 0.5) is 0 Å². The second-order valence-corrected chi connectivity index (χ2v) is 6.55. The molecule has 0 spiro atoms. The third kappa shape index (κ3) is 2.68. The van der Waals surface area contributed by atoms with E-state index in [9.17, 15) is 0 Å². The molecule has 0 heterocycles. The molecule has 2 nitrogen and oxygen atoms in total. The molecule has 1 atom stereocenters. The minimum atomic E-state index is 0.434. The van der Waals surface area contributed by atoms with E-state index in [1.54, 1.807) is 0 Å². The highest BCUT2D eigenvalue weighted by atomic mass is 15.2. The Labute approximate surface area is 107 Å². The first-order chi connectivity index (χ1) is 8.10. The molecule has 0 radical (unpaired) electrons. The van der Waals surface area contributed by atoms with Crippen molar-refractivity contribution in [3.05, 3.63) is 0 Å². The average Bonchev–Trinajstić information content (AvgIpc) is 3.11. The molecule has 2 fully saturated rings. The van der Waals surface area contributed by atoms with Gasteiger partial charge in [0, 0.05) is 11.6 Å². The quantitative estimate of drug-likeness (QED) is 0.792. The maximum atomic E-state index is 3.81. The molecule has 0 aliphatic heterocycles. The fraction of sp³-hybridized carbons (Fsp3) is 1.00. The van der Waals surface area contributed by atoms with Gasteiger partial charge in [-0.1, -0.05) is 13.8 Å². The Morgan fingerprint density at radius 3 is 2.18 bits per heavy atom. The van der Waals surface area contributed by atoms with Gasteiger partial charge in [-0.3, -0.25) is 0 Å². The van der Waals surface area contributed by atoms with E-state index in [2.05, 4.69) is 38.2 Å². The lowest BCUT2D eigenvalue weighted by Crippen LogP contribution is -2.61. The van der Waals surface area contributed by atoms with E-state index >= 15 is 0 Å². The summed E-state index contributed by atoms with van der Waals surface area (Å²) in [6, 6.07) is 0.731. The molecular weight excluding hydrogens is 208 g/mol. The van der Waals surface area contributed by atoms with Crippen molar-refractivity contribution in [1.82, 2.24) is 10.2 Å². The third-order valence-electron chi connectivity index (χ3n) is 5.13. The summed E-state index contributed by atoms with van der Waals surface area (Å²) in [5.74, 6) is 1.88. The van der Waals surface area contributed by atoms with Crippen LogP contribution in [0.3, 0.4) is 0 Å². The smallest absolute Gasteiger partial charge is 0.0359 e. The second kappa shape index (κ2) is 5.27. The minimum Gasteiger partial charge on any atom is -0.312 e. The van der Waals surface area contributed by atoms with Crippen molar-refractivity contribution in [3.8, 4) is 0 Å². The predicted octanol–water partition coefficient (Wildman–Crippen LogP) is 2.89. The fourth-order valence-electron chi connectivity index (χ4n) is 3.74. The van der Waals surface area contributed by atoms with Crippen LogP contribution >= 0.6 is 0 Å². The highest BCUT2D eigenvalue weighted by Crippen LogP contribution is 2.45. The molecule has 2 heteroatoms. The van der Waals surface area contributed by atoms with Crippen molar-refractivity contribution in [2.75, 3.05) is 20.6 Å². The molecule has 0 aromatic heterocycles. The maximum absolute atomic E-state index is 3.81. The van der Waals surface area contributed by atoms with E-state index in [4.69, 9.17) is 0 Å². The molecule has 2 rings (SSSR count). The largest absolute Gasteiger partial charge is 0.312 e. The Morgan fingerprint density at radius 1 is 1.18 bits per heavy atom. The molecule has 100 valence electrons. The van der Waals surface area contributed by atoms with E-state index in [0.717, 1.165) is 24.4 Å². The van der Waals surface area contributed by atoms with Crippen LogP contribution in [-0.2, 0) is 0 Å². The van der Waals surface area contributed by atoms with E-state index in [1.165, 1.54) is 38.5 Å². The van der Waals surface area contributed by atoms with Crippen molar-refractivity contribution in [2.45, 2.75) is 64.0 Å². The summed E-state index contributed by atoms with van der Waals surface area (Å²) in [6.07, 6.45) is 8.48. The van der Waals surface area contributed by atoms with Gasteiger partial charge in [-0.05, 0) is 71.0 Å². The lowest BCUT2D eigenvalue weighted by Gasteiger charge is -2.50. The highest BCUT2D eigenvalue weighted by molar-refractivity contribution is 5.06. The lowest BCUT2D eigenvalue weighted by molar-refractivity contribution is 0.0361. The molecule has 2 aliphatic carbocycles. The van der Waals surface area contributed by atoms with Gasteiger partial charge in [-0.15, -0.1) is 0 Å². The second-order valence-electron chi connectivity index (χ2n) is 6.55. The summed E-state index contributed by atoms with van der Waals surface area (Å²) in [4.78, 5) is 2.53. The molecule has 2 saturated carbocycles. The van der Waals surface area contributed by atoms with Crippen LogP contribution in [0.2, 0.25) is 0 Å². The maximum Gasteiger partial charge on any atom is 0.0359 e. The van der Waals surface area contributed by atoms with Gasteiger partial charge in [-0.2, -0.15) is 0 Å². The number of nitrogens with zero attached hydrogens (tertiary/aromatic N) is 1. The Kier molecular flexibility index (Phi) is 4.14. The third-order valence-corrected chi connectivity index (χ3v) is 5.13.